The van der Waals surface area contributed by atoms with E-state index in [9.17, 15) is 4.79 Å². The molecule has 90 valence electrons. The summed E-state index contributed by atoms with van der Waals surface area (Å²) in [5.74, 6) is 0.538. The normalized spacial score (nSPS) is 16.9. The average Bonchev–Trinajstić information content (AvgIpc) is 2.24. The van der Waals surface area contributed by atoms with Gasteiger partial charge >= 0.3 is 5.97 Å². The van der Waals surface area contributed by atoms with Crippen LogP contribution in [0.25, 0.3) is 0 Å². The van der Waals surface area contributed by atoms with Crippen molar-refractivity contribution in [2.75, 3.05) is 7.11 Å². The molecule has 15 heavy (non-hydrogen) atoms. The van der Waals surface area contributed by atoms with Gasteiger partial charge in [-0.2, -0.15) is 0 Å². The number of methoxy groups -OCH3 is 1. The summed E-state index contributed by atoms with van der Waals surface area (Å²) >= 11 is 0. The van der Waals surface area contributed by atoms with Crippen molar-refractivity contribution in [1.82, 2.24) is 5.32 Å². The van der Waals surface area contributed by atoms with Gasteiger partial charge in [0.15, 0.2) is 0 Å². The van der Waals surface area contributed by atoms with Crippen LogP contribution >= 0.6 is 0 Å². The highest BCUT2D eigenvalue weighted by Gasteiger charge is 2.19. The molecular weight excluding hydrogens is 190 g/mol. The first kappa shape index (κ1) is 14.4. The number of carbonyl (C=O) groups excluding carboxylic acids is 1. The van der Waals surface area contributed by atoms with Crippen LogP contribution in [0.5, 0.6) is 0 Å². The SMILES string of the molecule is CCC(C)CC(C)NC(CC)C(=O)OC. The van der Waals surface area contributed by atoms with Gasteiger partial charge < -0.3 is 10.1 Å². The first-order valence-corrected chi connectivity index (χ1v) is 5.88. The van der Waals surface area contributed by atoms with Crippen LogP contribution in [0.15, 0.2) is 0 Å². The highest BCUT2D eigenvalue weighted by Crippen LogP contribution is 2.10. The van der Waals surface area contributed by atoms with E-state index in [0.29, 0.717) is 12.0 Å². The molecule has 0 spiro atoms. The summed E-state index contributed by atoms with van der Waals surface area (Å²) in [5, 5.41) is 3.31. The molecule has 0 fully saturated rings. The molecule has 0 aromatic carbocycles. The Hall–Kier alpha value is -0.570. The summed E-state index contributed by atoms with van der Waals surface area (Å²) < 4.78 is 4.73. The molecular formula is C12H25NO2. The molecule has 0 aliphatic carbocycles. The minimum Gasteiger partial charge on any atom is -0.468 e. The van der Waals surface area contributed by atoms with E-state index in [4.69, 9.17) is 4.74 Å². The number of esters is 1. The zero-order chi connectivity index (χ0) is 11.8. The van der Waals surface area contributed by atoms with Gasteiger partial charge in [0.05, 0.1) is 7.11 Å². The van der Waals surface area contributed by atoms with Crippen LogP contribution in [0.4, 0.5) is 0 Å². The van der Waals surface area contributed by atoms with Crippen LogP contribution in [0.3, 0.4) is 0 Å². The molecule has 0 aliphatic heterocycles. The van der Waals surface area contributed by atoms with E-state index in [-0.39, 0.29) is 12.0 Å². The molecule has 3 unspecified atom stereocenters. The number of rotatable bonds is 7. The number of nitrogens with one attached hydrogen (secondary N) is 1. The fraction of sp³-hybridized carbons (Fsp3) is 0.917. The van der Waals surface area contributed by atoms with Crippen molar-refractivity contribution in [3.63, 3.8) is 0 Å². The van der Waals surface area contributed by atoms with Crippen LogP contribution in [0, 0.1) is 5.92 Å². The van der Waals surface area contributed by atoms with Crippen LogP contribution in [-0.4, -0.2) is 25.2 Å². The van der Waals surface area contributed by atoms with Crippen molar-refractivity contribution in [3.8, 4) is 0 Å². The van der Waals surface area contributed by atoms with Gasteiger partial charge in [0.25, 0.3) is 0 Å². The number of hydrogen-bond donors (Lipinski definition) is 1. The molecule has 0 saturated heterocycles. The fourth-order valence-electron chi connectivity index (χ4n) is 1.68. The molecule has 0 aromatic heterocycles. The van der Waals surface area contributed by atoms with E-state index >= 15 is 0 Å². The Labute approximate surface area is 93.6 Å². The summed E-state index contributed by atoms with van der Waals surface area (Å²) in [4.78, 5) is 11.3. The van der Waals surface area contributed by atoms with Crippen LogP contribution in [0.2, 0.25) is 0 Å². The lowest BCUT2D eigenvalue weighted by Gasteiger charge is -2.22. The standard InChI is InChI=1S/C12H25NO2/c1-6-9(3)8-10(4)13-11(7-2)12(14)15-5/h9-11,13H,6-8H2,1-5H3. The number of hydrogen-bond acceptors (Lipinski definition) is 3. The lowest BCUT2D eigenvalue weighted by molar-refractivity contribution is -0.143. The Kier molecular flexibility index (Phi) is 7.39. The second-order valence-corrected chi connectivity index (χ2v) is 4.30. The zero-order valence-corrected chi connectivity index (χ0v) is 10.7. The molecule has 0 bridgehead atoms. The monoisotopic (exact) mass is 215 g/mol. The first-order valence-electron chi connectivity index (χ1n) is 5.88. The fourth-order valence-corrected chi connectivity index (χ4v) is 1.68. The average molecular weight is 215 g/mol. The minimum atomic E-state index is -0.159. The van der Waals surface area contributed by atoms with Gasteiger partial charge in [-0.1, -0.05) is 27.2 Å². The van der Waals surface area contributed by atoms with E-state index in [1.165, 1.54) is 13.5 Å². The Morgan fingerprint density at radius 3 is 2.27 bits per heavy atom. The van der Waals surface area contributed by atoms with Gasteiger partial charge in [-0.3, -0.25) is 4.79 Å². The lowest BCUT2D eigenvalue weighted by atomic mass is 9.99. The predicted molar refractivity (Wildman–Crippen MR) is 62.8 cm³/mol. The molecule has 0 rings (SSSR count). The van der Waals surface area contributed by atoms with Crippen molar-refractivity contribution in [2.45, 2.75) is 59.0 Å². The number of carbonyl (C=O) groups is 1. The van der Waals surface area contributed by atoms with Gasteiger partial charge in [0.1, 0.15) is 6.04 Å². The van der Waals surface area contributed by atoms with Crippen molar-refractivity contribution < 1.29 is 9.53 Å². The van der Waals surface area contributed by atoms with Gasteiger partial charge in [-0.15, -0.1) is 0 Å². The third-order valence-corrected chi connectivity index (χ3v) is 2.83. The highest BCUT2D eigenvalue weighted by molar-refractivity contribution is 5.75. The van der Waals surface area contributed by atoms with E-state index in [1.807, 2.05) is 6.92 Å². The van der Waals surface area contributed by atoms with Gasteiger partial charge in [-0.05, 0) is 25.7 Å². The molecule has 0 saturated carbocycles. The molecule has 3 nitrogen and oxygen atoms in total. The summed E-state index contributed by atoms with van der Waals surface area (Å²) in [6, 6.07) is 0.207. The number of ether oxygens (including phenoxy) is 1. The van der Waals surface area contributed by atoms with Crippen LogP contribution in [-0.2, 0) is 9.53 Å². The predicted octanol–water partition coefficient (Wildman–Crippen LogP) is 2.35. The van der Waals surface area contributed by atoms with E-state index < -0.39 is 0 Å². The van der Waals surface area contributed by atoms with E-state index in [0.717, 1.165) is 12.8 Å². The van der Waals surface area contributed by atoms with Crippen LogP contribution < -0.4 is 5.32 Å². The van der Waals surface area contributed by atoms with Crippen molar-refractivity contribution in [3.05, 3.63) is 0 Å². The molecule has 0 amide bonds. The third-order valence-electron chi connectivity index (χ3n) is 2.83. The topological polar surface area (TPSA) is 38.3 Å². The molecule has 0 heterocycles. The zero-order valence-electron chi connectivity index (χ0n) is 10.7. The summed E-state index contributed by atoms with van der Waals surface area (Å²) in [7, 11) is 1.44. The molecule has 0 aromatic rings. The first-order chi connectivity index (χ1) is 7.04. The van der Waals surface area contributed by atoms with Gasteiger partial charge in [0.2, 0.25) is 0 Å². The third kappa shape index (κ3) is 5.78. The Balaban J connectivity index is 4.01. The van der Waals surface area contributed by atoms with Gasteiger partial charge in [-0.25, -0.2) is 0 Å². The maximum atomic E-state index is 11.3. The Bertz CT molecular complexity index is 182. The smallest absolute Gasteiger partial charge is 0.322 e. The quantitative estimate of drug-likeness (QED) is 0.662. The molecule has 0 aliphatic rings. The highest BCUT2D eigenvalue weighted by atomic mass is 16.5. The van der Waals surface area contributed by atoms with Crippen molar-refractivity contribution in [2.24, 2.45) is 5.92 Å². The lowest BCUT2D eigenvalue weighted by Crippen LogP contribution is -2.42. The van der Waals surface area contributed by atoms with Crippen molar-refractivity contribution >= 4 is 5.97 Å². The molecule has 3 heteroatoms. The molecule has 3 atom stereocenters. The second-order valence-electron chi connectivity index (χ2n) is 4.30. The summed E-state index contributed by atoms with van der Waals surface area (Å²) in [5.41, 5.74) is 0. The van der Waals surface area contributed by atoms with E-state index in [2.05, 4.69) is 26.1 Å². The molecule has 0 radical (unpaired) electrons. The largest absolute Gasteiger partial charge is 0.468 e. The summed E-state index contributed by atoms with van der Waals surface area (Å²) in [6.07, 6.45) is 3.06. The van der Waals surface area contributed by atoms with Crippen LogP contribution in [0.1, 0.15) is 47.0 Å². The van der Waals surface area contributed by atoms with Crippen molar-refractivity contribution in [1.29, 1.82) is 0 Å². The Morgan fingerprint density at radius 2 is 1.87 bits per heavy atom. The maximum absolute atomic E-state index is 11.3. The molecule has 1 N–H and O–H groups in total. The minimum absolute atomic E-state index is 0.158. The van der Waals surface area contributed by atoms with Gasteiger partial charge in [0, 0.05) is 6.04 Å². The maximum Gasteiger partial charge on any atom is 0.322 e. The second kappa shape index (κ2) is 7.69. The Morgan fingerprint density at radius 1 is 1.27 bits per heavy atom. The summed E-state index contributed by atoms with van der Waals surface area (Å²) in [6.45, 7) is 8.54. The van der Waals surface area contributed by atoms with E-state index in [1.54, 1.807) is 0 Å².